The zero-order chi connectivity index (χ0) is 20.4. The number of amides is 1. The van der Waals surface area contributed by atoms with Gasteiger partial charge in [-0.2, -0.15) is 4.98 Å². The summed E-state index contributed by atoms with van der Waals surface area (Å²) >= 11 is 0. The van der Waals surface area contributed by atoms with Crippen molar-refractivity contribution in [2.45, 2.75) is 25.8 Å². The van der Waals surface area contributed by atoms with Crippen molar-refractivity contribution in [3.8, 4) is 23.0 Å². The van der Waals surface area contributed by atoms with Crippen LogP contribution in [0.5, 0.6) is 11.5 Å². The van der Waals surface area contributed by atoms with Crippen LogP contribution in [-0.2, 0) is 11.3 Å². The van der Waals surface area contributed by atoms with Gasteiger partial charge in [-0.1, -0.05) is 35.0 Å². The average molecular weight is 393 g/mol. The number of hydrogen-bond acceptors (Lipinski definition) is 6. The quantitative estimate of drug-likeness (QED) is 0.637. The number of hydrogen-bond donors (Lipinski definition) is 0. The van der Waals surface area contributed by atoms with Crippen molar-refractivity contribution in [3.05, 3.63) is 59.4 Å². The van der Waals surface area contributed by atoms with Crippen LogP contribution in [0.15, 0.2) is 47.0 Å². The number of rotatable bonds is 6. The number of likely N-dealkylation sites (tertiary alicyclic amines) is 1. The Balaban J connectivity index is 1.50. The van der Waals surface area contributed by atoms with Gasteiger partial charge < -0.3 is 18.9 Å². The number of aromatic nitrogens is 2. The normalized spacial score (nSPS) is 16.3. The molecule has 7 nitrogen and oxygen atoms in total. The molecule has 1 saturated heterocycles. The Hall–Kier alpha value is -3.35. The van der Waals surface area contributed by atoms with Crippen LogP contribution in [0.1, 0.15) is 29.3 Å². The smallest absolute Gasteiger partial charge is 0.261 e. The maximum absolute atomic E-state index is 12.5. The van der Waals surface area contributed by atoms with Gasteiger partial charge in [0.25, 0.3) is 5.89 Å². The summed E-state index contributed by atoms with van der Waals surface area (Å²) in [6, 6.07) is 13.6. The third-order valence-electron chi connectivity index (χ3n) is 5.15. The fourth-order valence-electron chi connectivity index (χ4n) is 3.50. The standard InChI is InChI=1S/C22H23N3O4/c1-14-4-6-15(7-5-14)12-25-13-16(10-20(25)26)21-23-22(29-24-21)18-9-8-17(27-2)11-19(18)28-3/h4-9,11,16H,10,12-13H2,1-3H3. The van der Waals surface area contributed by atoms with E-state index in [9.17, 15) is 4.79 Å². The molecule has 0 bridgehead atoms. The molecule has 0 spiro atoms. The van der Waals surface area contributed by atoms with Gasteiger partial charge in [0, 0.05) is 31.5 Å². The molecule has 1 aromatic heterocycles. The van der Waals surface area contributed by atoms with Gasteiger partial charge in [-0.05, 0) is 24.6 Å². The lowest BCUT2D eigenvalue weighted by atomic mass is 10.1. The highest BCUT2D eigenvalue weighted by Gasteiger charge is 2.34. The fourth-order valence-corrected chi connectivity index (χ4v) is 3.50. The van der Waals surface area contributed by atoms with Crippen LogP contribution in [0.3, 0.4) is 0 Å². The summed E-state index contributed by atoms with van der Waals surface area (Å²) in [7, 11) is 3.17. The molecule has 2 aromatic carbocycles. The Morgan fingerprint density at radius 2 is 1.93 bits per heavy atom. The third-order valence-corrected chi connectivity index (χ3v) is 5.15. The topological polar surface area (TPSA) is 77.7 Å². The van der Waals surface area contributed by atoms with Gasteiger partial charge in [0.05, 0.1) is 19.8 Å². The number of aryl methyl sites for hydroxylation is 1. The van der Waals surface area contributed by atoms with Crippen molar-refractivity contribution in [1.29, 1.82) is 0 Å². The highest BCUT2D eigenvalue weighted by Crippen LogP contribution is 2.34. The van der Waals surface area contributed by atoms with E-state index < -0.39 is 0 Å². The Morgan fingerprint density at radius 3 is 2.66 bits per heavy atom. The minimum atomic E-state index is -0.0882. The molecule has 1 unspecified atom stereocenters. The molecule has 1 aliphatic heterocycles. The molecular weight excluding hydrogens is 370 g/mol. The van der Waals surface area contributed by atoms with E-state index in [2.05, 4.69) is 34.4 Å². The molecule has 0 N–H and O–H groups in total. The van der Waals surface area contributed by atoms with E-state index in [0.29, 0.717) is 48.3 Å². The molecule has 2 heterocycles. The number of methoxy groups -OCH3 is 2. The van der Waals surface area contributed by atoms with Crippen molar-refractivity contribution in [3.63, 3.8) is 0 Å². The van der Waals surface area contributed by atoms with E-state index in [1.54, 1.807) is 20.3 Å². The predicted molar refractivity (Wildman–Crippen MR) is 107 cm³/mol. The van der Waals surface area contributed by atoms with Crippen LogP contribution in [-0.4, -0.2) is 41.7 Å². The van der Waals surface area contributed by atoms with E-state index in [0.717, 1.165) is 5.56 Å². The van der Waals surface area contributed by atoms with Crippen molar-refractivity contribution in [2.24, 2.45) is 0 Å². The maximum atomic E-state index is 12.5. The minimum Gasteiger partial charge on any atom is -0.497 e. The molecule has 150 valence electrons. The first-order valence-corrected chi connectivity index (χ1v) is 9.46. The van der Waals surface area contributed by atoms with E-state index in [4.69, 9.17) is 14.0 Å². The van der Waals surface area contributed by atoms with Crippen LogP contribution in [0.2, 0.25) is 0 Å². The monoisotopic (exact) mass is 393 g/mol. The first kappa shape index (κ1) is 19.0. The van der Waals surface area contributed by atoms with Gasteiger partial charge in [0.2, 0.25) is 5.91 Å². The molecule has 1 fully saturated rings. The first-order chi connectivity index (χ1) is 14.1. The fraction of sp³-hybridized carbons (Fsp3) is 0.318. The van der Waals surface area contributed by atoms with Crippen molar-refractivity contribution in [1.82, 2.24) is 15.0 Å². The Kier molecular flexibility index (Phi) is 5.20. The molecule has 4 rings (SSSR count). The number of carbonyl (C=O) groups is 1. The Morgan fingerprint density at radius 1 is 1.14 bits per heavy atom. The van der Waals surface area contributed by atoms with Gasteiger partial charge in [0.1, 0.15) is 11.5 Å². The number of carbonyl (C=O) groups excluding carboxylic acids is 1. The van der Waals surface area contributed by atoms with Gasteiger partial charge in [-0.3, -0.25) is 4.79 Å². The first-order valence-electron chi connectivity index (χ1n) is 9.46. The lowest BCUT2D eigenvalue weighted by Gasteiger charge is -2.16. The third kappa shape index (κ3) is 3.94. The lowest BCUT2D eigenvalue weighted by molar-refractivity contribution is -0.128. The number of benzene rings is 2. The largest absolute Gasteiger partial charge is 0.497 e. The van der Waals surface area contributed by atoms with Gasteiger partial charge in [-0.15, -0.1) is 0 Å². The summed E-state index contributed by atoms with van der Waals surface area (Å²) in [5, 5.41) is 4.13. The van der Waals surface area contributed by atoms with Gasteiger partial charge in [0.15, 0.2) is 5.82 Å². The number of ether oxygens (including phenoxy) is 2. The Bertz CT molecular complexity index is 1010. The molecule has 0 saturated carbocycles. The van der Waals surface area contributed by atoms with Crippen molar-refractivity contribution >= 4 is 5.91 Å². The highest BCUT2D eigenvalue weighted by molar-refractivity contribution is 5.79. The summed E-state index contributed by atoms with van der Waals surface area (Å²) in [5.74, 6) is 2.18. The molecule has 3 aromatic rings. The van der Waals surface area contributed by atoms with E-state index in [-0.39, 0.29) is 11.8 Å². The molecule has 1 aliphatic rings. The Labute approximate surface area is 169 Å². The summed E-state index contributed by atoms with van der Waals surface area (Å²) in [6.07, 6.45) is 0.380. The molecule has 0 aliphatic carbocycles. The molecule has 0 radical (unpaired) electrons. The van der Waals surface area contributed by atoms with Crippen LogP contribution < -0.4 is 9.47 Å². The van der Waals surface area contributed by atoms with Gasteiger partial charge >= 0.3 is 0 Å². The second-order valence-corrected chi connectivity index (χ2v) is 7.18. The molecule has 7 heteroatoms. The average Bonchev–Trinajstić information content (AvgIpc) is 3.36. The van der Waals surface area contributed by atoms with Crippen molar-refractivity contribution in [2.75, 3.05) is 20.8 Å². The highest BCUT2D eigenvalue weighted by atomic mass is 16.5. The molecule has 29 heavy (non-hydrogen) atoms. The van der Waals surface area contributed by atoms with E-state index >= 15 is 0 Å². The van der Waals surface area contributed by atoms with Crippen LogP contribution in [0.25, 0.3) is 11.5 Å². The SMILES string of the molecule is COc1ccc(-c2nc(C3CC(=O)N(Cc4ccc(C)cc4)C3)no2)c(OC)c1. The van der Waals surface area contributed by atoms with Gasteiger partial charge in [-0.25, -0.2) is 0 Å². The zero-order valence-corrected chi connectivity index (χ0v) is 16.7. The second kappa shape index (κ2) is 7.95. The zero-order valence-electron chi connectivity index (χ0n) is 16.7. The summed E-state index contributed by atoms with van der Waals surface area (Å²) < 4.78 is 16.1. The second-order valence-electron chi connectivity index (χ2n) is 7.18. The molecule has 1 atom stereocenters. The van der Waals surface area contributed by atoms with E-state index in [1.165, 1.54) is 5.56 Å². The van der Waals surface area contributed by atoms with Crippen molar-refractivity contribution < 1.29 is 18.8 Å². The summed E-state index contributed by atoms with van der Waals surface area (Å²) in [4.78, 5) is 18.9. The predicted octanol–water partition coefficient (Wildman–Crippen LogP) is 3.58. The molecule has 1 amide bonds. The molecular formula is C22H23N3O4. The maximum Gasteiger partial charge on any atom is 0.261 e. The minimum absolute atomic E-state index is 0.0882. The van der Waals surface area contributed by atoms with Crippen LogP contribution in [0.4, 0.5) is 0 Å². The number of nitrogens with zero attached hydrogens (tertiary/aromatic N) is 3. The van der Waals surface area contributed by atoms with Crippen LogP contribution >= 0.6 is 0 Å². The van der Waals surface area contributed by atoms with E-state index in [1.807, 2.05) is 24.0 Å². The summed E-state index contributed by atoms with van der Waals surface area (Å²) in [5.41, 5.74) is 3.00. The van der Waals surface area contributed by atoms with Crippen LogP contribution in [0, 0.1) is 6.92 Å². The lowest BCUT2D eigenvalue weighted by Crippen LogP contribution is -2.24. The summed E-state index contributed by atoms with van der Waals surface area (Å²) in [6.45, 7) is 3.21.